The van der Waals surface area contributed by atoms with Gasteiger partial charge in [-0.05, 0) is 36.8 Å². The van der Waals surface area contributed by atoms with Crippen molar-refractivity contribution in [3.8, 4) is 0 Å². The molecular weight excluding hydrogens is 341 g/mol. The average Bonchev–Trinajstić information content (AvgIpc) is 3.08. The maximum absolute atomic E-state index is 13.4. The van der Waals surface area contributed by atoms with Gasteiger partial charge in [0.15, 0.2) is 0 Å². The van der Waals surface area contributed by atoms with E-state index in [9.17, 15) is 19.6 Å². The quantitative estimate of drug-likeness (QED) is 0.396. The third-order valence-electron chi connectivity index (χ3n) is 3.14. The Morgan fingerprint density at radius 2 is 2.00 bits per heavy atom. The smallest absolute Gasteiger partial charge is 0.275 e. The van der Waals surface area contributed by atoms with Crippen LogP contribution < -0.4 is 0 Å². The van der Waals surface area contributed by atoms with Gasteiger partial charge in [0.05, 0.1) is 10.5 Å². The highest BCUT2D eigenvalue weighted by Gasteiger charge is 2.23. The van der Waals surface area contributed by atoms with Gasteiger partial charge in [0.1, 0.15) is 11.9 Å². The van der Waals surface area contributed by atoms with Crippen molar-refractivity contribution >= 4 is 23.1 Å². The summed E-state index contributed by atoms with van der Waals surface area (Å²) >= 11 is 1.30. The summed E-state index contributed by atoms with van der Waals surface area (Å²) in [6.45, 7) is 6.04. The van der Waals surface area contributed by atoms with Crippen LogP contribution in [0.4, 0.5) is 10.1 Å². The van der Waals surface area contributed by atoms with Crippen molar-refractivity contribution < 1.29 is 14.4 Å². The van der Waals surface area contributed by atoms with Crippen LogP contribution in [0, 0.1) is 15.9 Å². The lowest BCUT2D eigenvalue weighted by Crippen LogP contribution is -2.03. The molecule has 0 aliphatic rings. The number of hydrogen-bond acceptors (Lipinski definition) is 4. The molecule has 6 heteroatoms. The van der Waals surface area contributed by atoms with Gasteiger partial charge in [-0.25, -0.2) is 4.39 Å². The van der Waals surface area contributed by atoms with Gasteiger partial charge < -0.3 is 5.11 Å². The predicted molar refractivity (Wildman–Crippen MR) is 101 cm³/mol. The second-order valence-electron chi connectivity index (χ2n) is 4.80. The molecule has 1 aromatic heterocycles. The molecule has 1 N–H and O–H groups in total. The van der Waals surface area contributed by atoms with Crippen LogP contribution in [-0.2, 0) is 0 Å². The summed E-state index contributed by atoms with van der Waals surface area (Å²) in [6.07, 6.45) is 7.42. The molecule has 0 spiro atoms. The van der Waals surface area contributed by atoms with E-state index in [1.807, 2.05) is 51.1 Å². The van der Waals surface area contributed by atoms with Crippen molar-refractivity contribution in [1.29, 1.82) is 0 Å². The van der Waals surface area contributed by atoms with Crippen LogP contribution >= 0.6 is 11.3 Å². The Hall–Kier alpha value is -2.31. The molecule has 0 aliphatic carbocycles. The number of nitrogens with zero attached hydrogens (tertiary/aromatic N) is 1. The number of nitro groups is 1. The molecule has 0 fully saturated rings. The minimum atomic E-state index is -1.23. The second-order valence-corrected chi connectivity index (χ2v) is 5.95. The van der Waals surface area contributed by atoms with E-state index in [0.717, 1.165) is 29.5 Å². The van der Waals surface area contributed by atoms with E-state index in [-0.39, 0.29) is 11.3 Å². The van der Waals surface area contributed by atoms with E-state index in [4.69, 9.17) is 0 Å². The molecule has 0 saturated carbocycles. The summed E-state index contributed by atoms with van der Waals surface area (Å²) in [5, 5.41) is 21.4. The van der Waals surface area contributed by atoms with Gasteiger partial charge in [0.2, 0.25) is 0 Å². The van der Waals surface area contributed by atoms with E-state index in [2.05, 4.69) is 0 Å². The molecule has 134 valence electrons. The molecule has 0 saturated heterocycles. The lowest BCUT2D eigenvalue weighted by molar-refractivity contribution is -0.386. The number of halogens is 1. The second kappa shape index (κ2) is 10.5. The van der Waals surface area contributed by atoms with Crippen LogP contribution in [0.3, 0.4) is 0 Å². The Labute approximate surface area is 151 Å². The Kier molecular flexibility index (Phi) is 8.74. The third-order valence-corrected chi connectivity index (χ3v) is 4.24. The van der Waals surface area contributed by atoms with E-state index < -0.39 is 16.8 Å². The minimum absolute atomic E-state index is 0.0433. The number of thiophene rings is 1. The average molecular weight is 363 g/mol. The molecule has 0 radical (unpaired) electrons. The zero-order valence-corrected chi connectivity index (χ0v) is 15.3. The summed E-state index contributed by atoms with van der Waals surface area (Å²) < 4.78 is 13.4. The monoisotopic (exact) mass is 363 g/mol. The van der Waals surface area contributed by atoms with Gasteiger partial charge >= 0.3 is 0 Å². The first-order valence-electron chi connectivity index (χ1n) is 8.07. The zero-order valence-electron chi connectivity index (χ0n) is 14.5. The molecule has 1 aromatic carbocycles. The lowest BCUT2D eigenvalue weighted by atomic mass is 10.1. The largest absolute Gasteiger partial charge is 0.383 e. The normalized spacial score (nSPS) is 12.2. The molecule has 1 heterocycles. The van der Waals surface area contributed by atoms with E-state index in [1.165, 1.54) is 11.3 Å². The number of allylic oxidation sites excluding steroid dienone is 3. The fourth-order valence-corrected chi connectivity index (χ4v) is 2.96. The standard InChI is InChI=1S/C17H16FNO3S.C2H6/c1-2-3-4-5-6-13-8-10-16(23-13)17(20)14-11-12(18)7-9-15(14)19(21)22;1-2/h3-11,17,20H,2H2,1H3;1-2H3/b4-3-,6-5-;. The molecule has 2 rings (SSSR count). The number of benzene rings is 1. The van der Waals surface area contributed by atoms with Crippen molar-refractivity contribution in [3.05, 3.63) is 79.8 Å². The Balaban J connectivity index is 0.00000151. The summed E-state index contributed by atoms with van der Waals surface area (Å²) in [5.41, 5.74) is -0.339. The highest BCUT2D eigenvalue weighted by Crippen LogP contribution is 2.34. The van der Waals surface area contributed by atoms with Crippen LogP contribution in [-0.4, -0.2) is 10.0 Å². The molecule has 0 bridgehead atoms. The van der Waals surface area contributed by atoms with Gasteiger partial charge in [-0.2, -0.15) is 0 Å². The van der Waals surface area contributed by atoms with Gasteiger partial charge in [0, 0.05) is 15.8 Å². The lowest BCUT2D eigenvalue weighted by Gasteiger charge is -2.09. The molecule has 4 nitrogen and oxygen atoms in total. The number of rotatable bonds is 6. The first-order chi connectivity index (χ1) is 12.0. The van der Waals surface area contributed by atoms with Crippen molar-refractivity contribution in [3.63, 3.8) is 0 Å². The van der Waals surface area contributed by atoms with Crippen LogP contribution in [0.25, 0.3) is 6.08 Å². The number of aliphatic hydroxyl groups excluding tert-OH is 1. The molecular formula is C19H22FNO3S. The summed E-state index contributed by atoms with van der Waals surface area (Å²) in [5.74, 6) is -0.619. The highest BCUT2D eigenvalue weighted by atomic mass is 32.1. The molecule has 0 aliphatic heterocycles. The van der Waals surface area contributed by atoms with Crippen LogP contribution in [0.5, 0.6) is 0 Å². The molecule has 0 amide bonds. The molecule has 25 heavy (non-hydrogen) atoms. The third kappa shape index (κ3) is 5.92. The predicted octanol–water partition coefficient (Wildman–Crippen LogP) is 5.88. The van der Waals surface area contributed by atoms with Crippen molar-refractivity contribution in [2.24, 2.45) is 0 Å². The Morgan fingerprint density at radius 1 is 1.28 bits per heavy atom. The van der Waals surface area contributed by atoms with Crippen LogP contribution in [0.15, 0.2) is 48.6 Å². The summed E-state index contributed by atoms with van der Waals surface area (Å²) in [7, 11) is 0. The van der Waals surface area contributed by atoms with Crippen molar-refractivity contribution in [2.45, 2.75) is 33.3 Å². The topological polar surface area (TPSA) is 63.4 Å². The fourth-order valence-electron chi connectivity index (χ4n) is 2.03. The number of nitro benzene ring substituents is 1. The molecule has 1 unspecified atom stereocenters. The Bertz CT molecular complexity index is 753. The van der Waals surface area contributed by atoms with E-state index >= 15 is 0 Å². The number of aliphatic hydroxyl groups is 1. The number of hydrogen-bond donors (Lipinski definition) is 1. The first kappa shape index (κ1) is 20.7. The first-order valence-corrected chi connectivity index (χ1v) is 8.89. The van der Waals surface area contributed by atoms with Gasteiger partial charge in [-0.3, -0.25) is 10.1 Å². The SMILES string of the molecule is CC.CC/C=C\C=C/c1ccc(C(O)c2cc(F)ccc2[N+](=O)[O-])s1. The maximum Gasteiger partial charge on any atom is 0.275 e. The van der Waals surface area contributed by atoms with Crippen LogP contribution in [0.1, 0.15) is 48.6 Å². The summed E-state index contributed by atoms with van der Waals surface area (Å²) in [4.78, 5) is 11.8. The van der Waals surface area contributed by atoms with Crippen molar-refractivity contribution in [2.75, 3.05) is 0 Å². The van der Waals surface area contributed by atoms with Crippen molar-refractivity contribution in [1.82, 2.24) is 0 Å². The minimum Gasteiger partial charge on any atom is -0.383 e. The summed E-state index contributed by atoms with van der Waals surface area (Å²) in [6, 6.07) is 6.58. The molecule has 2 aromatic rings. The zero-order chi connectivity index (χ0) is 18.8. The molecule has 1 atom stereocenters. The highest BCUT2D eigenvalue weighted by molar-refractivity contribution is 7.13. The van der Waals surface area contributed by atoms with E-state index in [0.29, 0.717) is 4.88 Å². The van der Waals surface area contributed by atoms with Gasteiger partial charge in [-0.1, -0.05) is 39.0 Å². The van der Waals surface area contributed by atoms with Gasteiger partial charge in [-0.15, -0.1) is 11.3 Å². The van der Waals surface area contributed by atoms with Gasteiger partial charge in [0.25, 0.3) is 5.69 Å². The Morgan fingerprint density at radius 3 is 2.64 bits per heavy atom. The maximum atomic E-state index is 13.4. The fraction of sp³-hybridized carbons (Fsp3) is 0.263. The van der Waals surface area contributed by atoms with Crippen LogP contribution in [0.2, 0.25) is 0 Å². The van der Waals surface area contributed by atoms with E-state index in [1.54, 1.807) is 6.07 Å².